The zero-order valence-electron chi connectivity index (χ0n) is 11.7. The van der Waals surface area contributed by atoms with Crippen molar-refractivity contribution in [1.29, 1.82) is 0 Å². The van der Waals surface area contributed by atoms with Crippen LogP contribution in [0.1, 0.15) is 36.9 Å². The molecule has 2 nitrogen and oxygen atoms in total. The van der Waals surface area contributed by atoms with Crippen LogP contribution in [-0.4, -0.2) is 4.98 Å². The van der Waals surface area contributed by atoms with Gasteiger partial charge in [-0.2, -0.15) is 0 Å². The van der Waals surface area contributed by atoms with E-state index in [0.29, 0.717) is 6.04 Å². The number of aromatic nitrogens is 1. The minimum Gasteiger partial charge on any atom is -0.306 e. The van der Waals surface area contributed by atoms with Gasteiger partial charge in [0.1, 0.15) is 0 Å². The van der Waals surface area contributed by atoms with E-state index in [1.807, 2.05) is 18.5 Å². The SMILES string of the molecule is CCCC(NCc1cccnc1)c1ccccc1.Cl.Cl. The Hall–Kier alpha value is -1.09. The van der Waals surface area contributed by atoms with E-state index < -0.39 is 0 Å². The number of nitrogens with zero attached hydrogens (tertiary/aromatic N) is 1. The van der Waals surface area contributed by atoms with Crippen LogP contribution in [0.15, 0.2) is 54.9 Å². The van der Waals surface area contributed by atoms with E-state index in [0.717, 1.165) is 13.0 Å². The third-order valence-electron chi connectivity index (χ3n) is 3.05. The first-order valence-corrected chi connectivity index (χ1v) is 6.57. The van der Waals surface area contributed by atoms with E-state index >= 15 is 0 Å². The summed E-state index contributed by atoms with van der Waals surface area (Å²) in [4.78, 5) is 4.14. The Labute approximate surface area is 133 Å². The highest BCUT2D eigenvalue weighted by Gasteiger charge is 2.09. The maximum absolute atomic E-state index is 4.14. The fourth-order valence-corrected chi connectivity index (χ4v) is 2.10. The van der Waals surface area contributed by atoms with E-state index in [-0.39, 0.29) is 24.8 Å². The van der Waals surface area contributed by atoms with Crippen molar-refractivity contribution >= 4 is 24.8 Å². The maximum Gasteiger partial charge on any atom is 0.0323 e. The number of rotatable bonds is 6. The van der Waals surface area contributed by atoms with Crippen molar-refractivity contribution < 1.29 is 0 Å². The standard InChI is InChI=1S/C16H20N2.2ClH/c1-2-7-16(15-9-4-3-5-10-15)18-13-14-8-6-11-17-12-14;;/h3-6,8-12,16,18H,2,7,13H2,1H3;2*1H. The molecular formula is C16H22Cl2N2. The molecule has 1 aromatic carbocycles. The molecule has 0 amide bonds. The third kappa shape index (κ3) is 5.91. The Bertz CT molecular complexity index is 449. The molecule has 0 aliphatic heterocycles. The summed E-state index contributed by atoms with van der Waals surface area (Å²) in [5.74, 6) is 0. The highest BCUT2D eigenvalue weighted by Crippen LogP contribution is 2.18. The average molecular weight is 313 g/mol. The van der Waals surface area contributed by atoms with Gasteiger partial charge in [-0.3, -0.25) is 4.98 Å². The molecule has 2 aromatic rings. The molecule has 0 fully saturated rings. The normalized spacial score (nSPS) is 11.1. The van der Waals surface area contributed by atoms with Crippen LogP contribution in [0, 0.1) is 0 Å². The molecule has 0 aliphatic carbocycles. The first kappa shape index (κ1) is 18.9. The fraction of sp³-hybridized carbons (Fsp3) is 0.312. The van der Waals surface area contributed by atoms with Crippen LogP contribution >= 0.6 is 24.8 Å². The van der Waals surface area contributed by atoms with Gasteiger partial charge in [-0.1, -0.05) is 49.7 Å². The van der Waals surface area contributed by atoms with Crippen LogP contribution in [0.3, 0.4) is 0 Å². The topological polar surface area (TPSA) is 24.9 Å². The van der Waals surface area contributed by atoms with Crippen molar-refractivity contribution in [3.63, 3.8) is 0 Å². The minimum absolute atomic E-state index is 0. The molecule has 0 saturated heterocycles. The molecule has 0 spiro atoms. The van der Waals surface area contributed by atoms with Gasteiger partial charge in [0.25, 0.3) is 0 Å². The molecule has 1 heterocycles. The van der Waals surface area contributed by atoms with Crippen LogP contribution in [-0.2, 0) is 6.54 Å². The summed E-state index contributed by atoms with van der Waals surface area (Å²) < 4.78 is 0. The van der Waals surface area contributed by atoms with Crippen molar-refractivity contribution in [1.82, 2.24) is 10.3 Å². The van der Waals surface area contributed by atoms with E-state index in [2.05, 4.69) is 53.6 Å². The van der Waals surface area contributed by atoms with E-state index in [9.17, 15) is 0 Å². The number of benzene rings is 1. The van der Waals surface area contributed by atoms with Crippen LogP contribution in [0.5, 0.6) is 0 Å². The van der Waals surface area contributed by atoms with Gasteiger partial charge in [0.05, 0.1) is 0 Å². The molecule has 1 N–H and O–H groups in total. The maximum atomic E-state index is 4.14. The molecular weight excluding hydrogens is 291 g/mol. The van der Waals surface area contributed by atoms with Crippen LogP contribution < -0.4 is 5.32 Å². The van der Waals surface area contributed by atoms with Gasteiger partial charge >= 0.3 is 0 Å². The van der Waals surface area contributed by atoms with Gasteiger partial charge in [-0.05, 0) is 23.6 Å². The average Bonchev–Trinajstić information content (AvgIpc) is 2.45. The summed E-state index contributed by atoms with van der Waals surface area (Å²) in [6.07, 6.45) is 6.06. The van der Waals surface area contributed by atoms with Gasteiger partial charge in [0.15, 0.2) is 0 Å². The van der Waals surface area contributed by atoms with Gasteiger partial charge in [-0.25, -0.2) is 0 Å². The van der Waals surface area contributed by atoms with E-state index in [1.54, 1.807) is 0 Å². The fourth-order valence-electron chi connectivity index (χ4n) is 2.10. The number of pyridine rings is 1. The van der Waals surface area contributed by atoms with Gasteiger partial charge in [-0.15, -0.1) is 24.8 Å². The summed E-state index contributed by atoms with van der Waals surface area (Å²) in [7, 11) is 0. The Morgan fingerprint density at radius 3 is 2.40 bits per heavy atom. The van der Waals surface area contributed by atoms with Gasteiger partial charge < -0.3 is 5.32 Å². The summed E-state index contributed by atoms with van der Waals surface area (Å²) in [5, 5.41) is 3.61. The van der Waals surface area contributed by atoms with Crippen molar-refractivity contribution in [2.24, 2.45) is 0 Å². The van der Waals surface area contributed by atoms with Crippen LogP contribution in [0.4, 0.5) is 0 Å². The number of nitrogens with one attached hydrogen (secondary N) is 1. The Balaban J connectivity index is 0.00000180. The lowest BCUT2D eigenvalue weighted by Crippen LogP contribution is -2.20. The summed E-state index contributed by atoms with van der Waals surface area (Å²) in [6, 6.07) is 15.2. The van der Waals surface area contributed by atoms with Crippen molar-refractivity contribution in [2.75, 3.05) is 0 Å². The second-order valence-electron chi connectivity index (χ2n) is 4.49. The molecule has 20 heavy (non-hydrogen) atoms. The molecule has 4 heteroatoms. The zero-order valence-corrected chi connectivity index (χ0v) is 13.3. The largest absolute Gasteiger partial charge is 0.306 e. The second-order valence-corrected chi connectivity index (χ2v) is 4.49. The number of hydrogen-bond acceptors (Lipinski definition) is 2. The van der Waals surface area contributed by atoms with Crippen molar-refractivity contribution in [3.05, 3.63) is 66.0 Å². The molecule has 1 aromatic heterocycles. The Kier molecular flexibility index (Phi) is 10.1. The molecule has 0 bridgehead atoms. The smallest absolute Gasteiger partial charge is 0.0323 e. The lowest BCUT2D eigenvalue weighted by molar-refractivity contribution is 0.493. The zero-order chi connectivity index (χ0) is 12.6. The van der Waals surface area contributed by atoms with Crippen LogP contribution in [0.25, 0.3) is 0 Å². The third-order valence-corrected chi connectivity index (χ3v) is 3.05. The Morgan fingerprint density at radius 1 is 1.05 bits per heavy atom. The van der Waals surface area contributed by atoms with Gasteiger partial charge in [0, 0.05) is 25.0 Å². The highest BCUT2D eigenvalue weighted by molar-refractivity contribution is 5.85. The molecule has 1 unspecified atom stereocenters. The van der Waals surface area contributed by atoms with E-state index in [1.165, 1.54) is 17.5 Å². The molecule has 1 atom stereocenters. The van der Waals surface area contributed by atoms with Crippen molar-refractivity contribution in [3.8, 4) is 0 Å². The lowest BCUT2D eigenvalue weighted by Gasteiger charge is -2.18. The summed E-state index contributed by atoms with van der Waals surface area (Å²) in [5.41, 5.74) is 2.60. The van der Waals surface area contributed by atoms with E-state index in [4.69, 9.17) is 0 Å². The predicted octanol–water partition coefficient (Wildman–Crippen LogP) is 4.56. The monoisotopic (exact) mass is 312 g/mol. The minimum atomic E-state index is 0. The summed E-state index contributed by atoms with van der Waals surface area (Å²) >= 11 is 0. The molecule has 0 saturated carbocycles. The lowest BCUT2D eigenvalue weighted by atomic mass is 10.0. The number of halogens is 2. The van der Waals surface area contributed by atoms with Crippen molar-refractivity contribution in [2.45, 2.75) is 32.4 Å². The molecule has 0 aliphatic rings. The predicted molar refractivity (Wildman–Crippen MR) is 89.7 cm³/mol. The second kappa shape index (κ2) is 10.7. The number of hydrogen-bond donors (Lipinski definition) is 1. The summed E-state index contributed by atoms with van der Waals surface area (Å²) in [6.45, 7) is 3.09. The first-order chi connectivity index (χ1) is 8.90. The molecule has 110 valence electrons. The quantitative estimate of drug-likeness (QED) is 0.846. The van der Waals surface area contributed by atoms with Crippen LogP contribution in [0.2, 0.25) is 0 Å². The first-order valence-electron chi connectivity index (χ1n) is 6.57. The molecule has 0 radical (unpaired) electrons. The highest BCUT2D eigenvalue weighted by atomic mass is 35.5. The Morgan fingerprint density at radius 2 is 1.80 bits per heavy atom. The van der Waals surface area contributed by atoms with Gasteiger partial charge in [0.2, 0.25) is 0 Å². The molecule has 2 rings (SSSR count).